The summed E-state index contributed by atoms with van der Waals surface area (Å²) >= 11 is 6.22. The molecule has 0 bridgehead atoms. The monoisotopic (exact) mass is 293 g/mol. The van der Waals surface area contributed by atoms with Crippen LogP contribution in [0.1, 0.15) is 64.5 Å². The van der Waals surface area contributed by atoms with Crippen molar-refractivity contribution < 1.29 is 0 Å². The molecule has 0 aliphatic heterocycles. The minimum absolute atomic E-state index is 0.412. The molecule has 0 heterocycles. The normalized spacial score (nSPS) is 19.4. The van der Waals surface area contributed by atoms with E-state index < -0.39 is 0 Å². The zero-order chi connectivity index (χ0) is 14.6. The Kier molecular flexibility index (Phi) is 5.51. The topological polar surface area (TPSA) is 12.0 Å². The van der Waals surface area contributed by atoms with Crippen LogP contribution in [0.3, 0.4) is 0 Å². The molecule has 20 heavy (non-hydrogen) atoms. The van der Waals surface area contributed by atoms with Crippen LogP contribution in [0.5, 0.6) is 0 Å². The maximum absolute atomic E-state index is 6.22. The smallest absolute Gasteiger partial charge is 0.0409 e. The summed E-state index contributed by atoms with van der Waals surface area (Å²) in [6.45, 7) is 7.91. The molecule has 1 unspecified atom stereocenters. The van der Waals surface area contributed by atoms with Crippen LogP contribution >= 0.6 is 11.6 Å². The Hall–Kier alpha value is -0.530. The van der Waals surface area contributed by atoms with Crippen LogP contribution in [0.25, 0.3) is 0 Å². The van der Waals surface area contributed by atoms with Gasteiger partial charge in [0.05, 0.1) is 0 Å². The number of rotatable bonds is 6. The van der Waals surface area contributed by atoms with Crippen molar-refractivity contribution in [1.82, 2.24) is 5.32 Å². The third-order valence-corrected chi connectivity index (χ3v) is 4.85. The van der Waals surface area contributed by atoms with Crippen LogP contribution < -0.4 is 5.32 Å². The first-order chi connectivity index (χ1) is 9.57. The summed E-state index contributed by atoms with van der Waals surface area (Å²) in [6.07, 6.45) is 6.73. The fourth-order valence-corrected chi connectivity index (χ4v) is 4.28. The standard InChI is InChI=1S/C18H28ClN/c1-4-20-17(15-8-7-9-16(19)12-15)18(13-14(2)3)10-5-6-11-18/h7-9,12,14,17,20H,4-6,10-11,13H2,1-3H3. The molecule has 1 aromatic carbocycles. The lowest BCUT2D eigenvalue weighted by Crippen LogP contribution is -2.37. The molecular formula is C18H28ClN. The molecule has 112 valence electrons. The molecule has 0 spiro atoms. The van der Waals surface area contributed by atoms with Crippen molar-refractivity contribution in [1.29, 1.82) is 0 Å². The largest absolute Gasteiger partial charge is 0.310 e. The molecule has 1 aliphatic rings. The molecule has 0 aromatic heterocycles. The average Bonchev–Trinajstić information content (AvgIpc) is 2.84. The van der Waals surface area contributed by atoms with E-state index in [1.807, 2.05) is 6.07 Å². The Balaban J connectivity index is 2.34. The molecule has 1 atom stereocenters. The van der Waals surface area contributed by atoms with Gasteiger partial charge in [0.15, 0.2) is 0 Å². The highest BCUT2D eigenvalue weighted by molar-refractivity contribution is 6.30. The molecule has 2 rings (SSSR count). The van der Waals surface area contributed by atoms with Gasteiger partial charge in [-0.15, -0.1) is 0 Å². The van der Waals surface area contributed by atoms with E-state index in [9.17, 15) is 0 Å². The molecular weight excluding hydrogens is 266 g/mol. The lowest BCUT2D eigenvalue weighted by molar-refractivity contribution is 0.157. The lowest BCUT2D eigenvalue weighted by atomic mass is 9.70. The Morgan fingerprint density at radius 3 is 2.50 bits per heavy atom. The summed E-state index contributed by atoms with van der Waals surface area (Å²) in [7, 11) is 0. The van der Waals surface area contributed by atoms with Crippen molar-refractivity contribution >= 4 is 11.6 Å². The third-order valence-electron chi connectivity index (χ3n) is 4.62. The first-order valence-corrected chi connectivity index (χ1v) is 8.44. The number of benzene rings is 1. The molecule has 1 aliphatic carbocycles. The molecule has 0 saturated heterocycles. The first kappa shape index (κ1) is 15.9. The van der Waals surface area contributed by atoms with Crippen LogP contribution in [-0.4, -0.2) is 6.54 Å². The van der Waals surface area contributed by atoms with E-state index in [2.05, 4.69) is 44.3 Å². The van der Waals surface area contributed by atoms with E-state index >= 15 is 0 Å². The maximum atomic E-state index is 6.22. The van der Waals surface area contributed by atoms with E-state index in [-0.39, 0.29) is 0 Å². The van der Waals surface area contributed by atoms with E-state index in [1.165, 1.54) is 37.7 Å². The predicted molar refractivity (Wildman–Crippen MR) is 88.2 cm³/mol. The van der Waals surface area contributed by atoms with Gasteiger partial charge in [0.25, 0.3) is 0 Å². The van der Waals surface area contributed by atoms with Crippen LogP contribution in [-0.2, 0) is 0 Å². The third kappa shape index (κ3) is 3.56. The van der Waals surface area contributed by atoms with Crippen molar-refractivity contribution in [2.24, 2.45) is 11.3 Å². The summed E-state index contributed by atoms with van der Waals surface area (Å²) in [4.78, 5) is 0. The second-order valence-electron chi connectivity index (χ2n) is 6.71. The van der Waals surface area contributed by atoms with Crippen molar-refractivity contribution in [3.8, 4) is 0 Å². The van der Waals surface area contributed by atoms with Gasteiger partial charge in [0.2, 0.25) is 0 Å². The highest BCUT2D eigenvalue weighted by Gasteiger charge is 2.41. The van der Waals surface area contributed by atoms with Gasteiger partial charge in [0.1, 0.15) is 0 Å². The quantitative estimate of drug-likeness (QED) is 0.720. The van der Waals surface area contributed by atoms with Gasteiger partial charge < -0.3 is 5.32 Å². The van der Waals surface area contributed by atoms with Gasteiger partial charge in [-0.25, -0.2) is 0 Å². The first-order valence-electron chi connectivity index (χ1n) is 8.06. The van der Waals surface area contributed by atoms with Crippen molar-refractivity contribution in [3.63, 3.8) is 0 Å². The Morgan fingerprint density at radius 2 is 1.95 bits per heavy atom. The maximum Gasteiger partial charge on any atom is 0.0409 e. The summed E-state index contributed by atoms with van der Waals surface area (Å²) in [5.41, 5.74) is 1.77. The number of hydrogen-bond acceptors (Lipinski definition) is 1. The molecule has 1 nitrogen and oxygen atoms in total. The molecule has 1 fully saturated rings. The van der Waals surface area contributed by atoms with Gasteiger partial charge in [-0.1, -0.05) is 57.3 Å². The Morgan fingerprint density at radius 1 is 1.25 bits per heavy atom. The summed E-state index contributed by atoms with van der Waals surface area (Å²) in [5.74, 6) is 0.744. The zero-order valence-electron chi connectivity index (χ0n) is 13.1. The lowest BCUT2D eigenvalue weighted by Gasteiger charge is -2.40. The van der Waals surface area contributed by atoms with E-state index in [0.717, 1.165) is 17.5 Å². The molecule has 1 saturated carbocycles. The summed E-state index contributed by atoms with van der Waals surface area (Å²) in [6, 6.07) is 8.88. The molecule has 1 aromatic rings. The Bertz CT molecular complexity index is 421. The minimum atomic E-state index is 0.412. The number of halogens is 1. The SMILES string of the molecule is CCNC(c1cccc(Cl)c1)C1(CC(C)C)CCCC1. The van der Waals surface area contributed by atoms with Crippen LogP contribution in [0, 0.1) is 11.3 Å². The van der Waals surface area contributed by atoms with Gasteiger partial charge in [-0.2, -0.15) is 0 Å². The van der Waals surface area contributed by atoms with Crippen molar-refractivity contribution in [2.45, 2.75) is 58.9 Å². The van der Waals surface area contributed by atoms with Crippen LogP contribution in [0.15, 0.2) is 24.3 Å². The van der Waals surface area contributed by atoms with E-state index in [1.54, 1.807) is 0 Å². The van der Waals surface area contributed by atoms with Gasteiger partial charge >= 0.3 is 0 Å². The highest BCUT2D eigenvalue weighted by atomic mass is 35.5. The molecule has 0 radical (unpaired) electrons. The predicted octanol–water partition coefficient (Wildman–Crippen LogP) is 5.60. The molecule has 1 N–H and O–H groups in total. The molecule has 0 amide bonds. The highest BCUT2D eigenvalue weighted by Crippen LogP contribution is 2.51. The second kappa shape index (κ2) is 6.95. The van der Waals surface area contributed by atoms with Crippen molar-refractivity contribution in [2.75, 3.05) is 6.54 Å². The van der Waals surface area contributed by atoms with Crippen LogP contribution in [0.4, 0.5) is 0 Å². The zero-order valence-corrected chi connectivity index (χ0v) is 13.8. The Labute approximate surface area is 129 Å². The molecule has 2 heteroatoms. The number of nitrogens with one attached hydrogen (secondary N) is 1. The number of hydrogen-bond donors (Lipinski definition) is 1. The van der Waals surface area contributed by atoms with Gasteiger partial charge in [0, 0.05) is 11.1 Å². The van der Waals surface area contributed by atoms with Crippen LogP contribution in [0.2, 0.25) is 5.02 Å². The average molecular weight is 294 g/mol. The fourth-order valence-electron chi connectivity index (χ4n) is 4.08. The second-order valence-corrected chi connectivity index (χ2v) is 7.15. The van der Waals surface area contributed by atoms with E-state index in [4.69, 9.17) is 11.6 Å². The van der Waals surface area contributed by atoms with E-state index in [0.29, 0.717) is 11.5 Å². The van der Waals surface area contributed by atoms with Gasteiger partial charge in [-0.05, 0) is 54.8 Å². The minimum Gasteiger partial charge on any atom is -0.310 e. The van der Waals surface area contributed by atoms with Crippen molar-refractivity contribution in [3.05, 3.63) is 34.9 Å². The summed E-state index contributed by atoms with van der Waals surface area (Å²) in [5, 5.41) is 4.61. The van der Waals surface area contributed by atoms with Gasteiger partial charge in [-0.3, -0.25) is 0 Å². The summed E-state index contributed by atoms with van der Waals surface area (Å²) < 4.78 is 0. The fraction of sp³-hybridized carbons (Fsp3) is 0.667.